The second-order valence-corrected chi connectivity index (χ2v) is 7.56. The van der Waals surface area contributed by atoms with E-state index in [0.29, 0.717) is 11.3 Å². The molecule has 1 aliphatic carbocycles. The van der Waals surface area contributed by atoms with Crippen LogP contribution in [0, 0.1) is 0 Å². The minimum atomic E-state index is -4.64. The molecule has 0 saturated heterocycles. The molecule has 2 aliphatic rings. The van der Waals surface area contributed by atoms with Gasteiger partial charge < -0.3 is 44.9 Å². The maximum atomic E-state index is 10.0. The van der Waals surface area contributed by atoms with Crippen molar-refractivity contribution in [2.45, 2.75) is 41.7 Å². The number of hydrogen-bond acceptors (Lipinski definition) is 8. The molecule has 1 aliphatic heterocycles. The number of hydrogen-bond donors (Lipinski definition) is 8. The molecule has 1 fully saturated rings. The van der Waals surface area contributed by atoms with Crippen LogP contribution in [-0.2, 0) is 14.4 Å². The number of phosphoric acid groups is 1. The highest BCUT2D eigenvalue weighted by Crippen LogP contribution is 2.43. The molecule has 0 amide bonds. The van der Waals surface area contributed by atoms with Crippen molar-refractivity contribution in [1.29, 1.82) is 0 Å². The van der Waals surface area contributed by atoms with E-state index >= 15 is 0 Å². The van der Waals surface area contributed by atoms with E-state index in [1.54, 1.807) is 24.3 Å². The Morgan fingerprint density at radius 1 is 0.926 bits per heavy atom. The molecule has 3 rings (SSSR count). The summed E-state index contributed by atoms with van der Waals surface area (Å²) in [5.41, 5.74) is 1.10. The van der Waals surface area contributed by atoms with Crippen molar-refractivity contribution < 1.29 is 49.5 Å². The Bertz CT molecular complexity index is 720. The van der Waals surface area contributed by atoms with Crippen LogP contribution in [0.3, 0.4) is 0 Å². The highest BCUT2D eigenvalue weighted by atomic mass is 35.5. The number of benzene rings is 1. The van der Waals surface area contributed by atoms with Crippen molar-refractivity contribution in [2.24, 2.45) is 4.99 Å². The van der Waals surface area contributed by atoms with Gasteiger partial charge in [-0.1, -0.05) is 29.8 Å². The molecule has 7 atom stereocenters. The number of aliphatic hydroxyl groups excluding tert-OH is 5. The standard InChI is InChI=1S/C14H16ClNO6.H3O4P/c15-14(5-16-7-4-2-1-3-6(7)14)22-13-11(20)9(18)8(17)10(19)12(13)21;1-5(2,3)4/h1-5,8-13,17-21H;(H3,1,2,3,4)/t8?,9-,10+,11-,12-,13?,14?;/m0./s1. The summed E-state index contributed by atoms with van der Waals surface area (Å²) in [6, 6.07) is 6.90. The van der Waals surface area contributed by atoms with Crippen LogP contribution in [0.15, 0.2) is 29.3 Å². The number of ether oxygens (including phenoxy) is 1. The molecular formula is C14H19ClNO10P. The topological polar surface area (TPSA) is 200 Å². The van der Waals surface area contributed by atoms with Gasteiger partial charge in [0.05, 0.1) is 11.9 Å². The van der Waals surface area contributed by atoms with E-state index < -0.39 is 49.5 Å². The number of alkyl halides is 1. The summed E-state index contributed by atoms with van der Waals surface area (Å²) in [7, 11) is -4.64. The molecule has 0 radical (unpaired) electrons. The second-order valence-electron chi connectivity index (χ2n) is 5.97. The van der Waals surface area contributed by atoms with Crippen molar-refractivity contribution in [3.63, 3.8) is 0 Å². The monoisotopic (exact) mass is 427 g/mol. The number of nitrogens with zero attached hydrogens (tertiary/aromatic N) is 1. The summed E-state index contributed by atoms with van der Waals surface area (Å²) in [5.74, 6) is 0. The predicted molar refractivity (Wildman–Crippen MR) is 91.3 cm³/mol. The van der Waals surface area contributed by atoms with Gasteiger partial charge in [-0.15, -0.1) is 0 Å². The lowest BCUT2D eigenvalue weighted by molar-refractivity contribution is -0.244. The summed E-state index contributed by atoms with van der Waals surface area (Å²) in [6.45, 7) is 0. The zero-order valence-electron chi connectivity index (χ0n) is 13.5. The lowest BCUT2D eigenvalue weighted by Crippen LogP contribution is -2.65. The Labute approximate surface area is 158 Å². The average Bonchev–Trinajstić information content (AvgIpc) is 2.92. The fraction of sp³-hybridized carbons (Fsp3) is 0.500. The maximum Gasteiger partial charge on any atom is 0.466 e. The first-order valence-electron chi connectivity index (χ1n) is 7.55. The minimum Gasteiger partial charge on any atom is -0.387 e. The van der Waals surface area contributed by atoms with Gasteiger partial charge >= 0.3 is 7.82 Å². The fourth-order valence-electron chi connectivity index (χ4n) is 2.72. The normalized spacial score (nSPS) is 38.1. The summed E-state index contributed by atoms with van der Waals surface area (Å²) < 4.78 is 14.4. The molecule has 27 heavy (non-hydrogen) atoms. The SMILES string of the molecule is O=P(O)(O)O.OC1[C@@H](O)[C@H](O)C(OC2(Cl)C=Nc3ccccc32)[C@@H](O)[C@H]1O. The van der Waals surface area contributed by atoms with Crippen LogP contribution >= 0.6 is 19.4 Å². The molecule has 3 unspecified atom stereocenters. The highest BCUT2D eigenvalue weighted by Gasteiger charge is 2.52. The third-order valence-corrected chi connectivity index (χ3v) is 4.41. The van der Waals surface area contributed by atoms with E-state index in [1.807, 2.05) is 0 Å². The highest BCUT2D eigenvalue weighted by molar-refractivity contribution is 7.45. The van der Waals surface area contributed by atoms with Crippen LogP contribution in [0.5, 0.6) is 0 Å². The molecule has 0 bridgehead atoms. The van der Waals surface area contributed by atoms with Crippen LogP contribution in [0.1, 0.15) is 5.56 Å². The zero-order valence-corrected chi connectivity index (χ0v) is 15.2. The third-order valence-electron chi connectivity index (χ3n) is 4.02. The molecule has 1 aromatic rings. The molecule has 1 heterocycles. The summed E-state index contributed by atoms with van der Waals surface area (Å²) in [6.07, 6.45) is -8.35. The van der Waals surface area contributed by atoms with Gasteiger partial charge in [-0.2, -0.15) is 0 Å². The van der Waals surface area contributed by atoms with Crippen molar-refractivity contribution in [3.05, 3.63) is 29.8 Å². The summed E-state index contributed by atoms with van der Waals surface area (Å²) >= 11 is 6.38. The van der Waals surface area contributed by atoms with E-state index in [4.69, 9.17) is 35.6 Å². The van der Waals surface area contributed by atoms with E-state index in [1.165, 1.54) is 6.21 Å². The molecule has 13 heteroatoms. The summed E-state index contributed by atoms with van der Waals surface area (Å²) in [4.78, 5) is 25.7. The van der Waals surface area contributed by atoms with Crippen LogP contribution < -0.4 is 0 Å². The molecule has 0 spiro atoms. The molecular weight excluding hydrogens is 409 g/mol. The second kappa shape index (κ2) is 8.19. The molecule has 11 nitrogen and oxygen atoms in total. The largest absolute Gasteiger partial charge is 0.466 e. The number of aliphatic imine (C=N–C) groups is 1. The molecule has 8 N–H and O–H groups in total. The van der Waals surface area contributed by atoms with Crippen LogP contribution in [0.4, 0.5) is 5.69 Å². The van der Waals surface area contributed by atoms with E-state index in [9.17, 15) is 25.5 Å². The van der Waals surface area contributed by atoms with E-state index in [0.717, 1.165) is 0 Å². The van der Waals surface area contributed by atoms with Gasteiger partial charge in [-0.05, 0) is 6.07 Å². The van der Waals surface area contributed by atoms with Gasteiger partial charge in [-0.25, -0.2) is 4.57 Å². The molecule has 152 valence electrons. The Morgan fingerprint density at radius 3 is 1.89 bits per heavy atom. The van der Waals surface area contributed by atoms with Crippen LogP contribution in [-0.4, -0.2) is 83.1 Å². The quantitative estimate of drug-likeness (QED) is 0.194. The van der Waals surface area contributed by atoms with Gasteiger partial charge in [0.15, 0.2) is 0 Å². The Hall–Kier alpha value is -0.950. The van der Waals surface area contributed by atoms with Gasteiger partial charge in [0.25, 0.3) is 0 Å². The average molecular weight is 428 g/mol. The smallest absolute Gasteiger partial charge is 0.387 e. The van der Waals surface area contributed by atoms with Gasteiger partial charge in [0, 0.05) is 5.56 Å². The maximum absolute atomic E-state index is 10.0. The van der Waals surface area contributed by atoms with Crippen LogP contribution in [0.2, 0.25) is 0 Å². The van der Waals surface area contributed by atoms with Gasteiger partial charge in [0.2, 0.25) is 5.06 Å². The van der Waals surface area contributed by atoms with Crippen molar-refractivity contribution in [1.82, 2.24) is 0 Å². The predicted octanol–water partition coefficient (Wildman–Crippen LogP) is -1.93. The zero-order chi connectivity index (χ0) is 20.6. The number of aliphatic hydroxyl groups is 5. The van der Waals surface area contributed by atoms with Gasteiger partial charge in [-0.3, -0.25) is 4.99 Å². The first-order valence-corrected chi connectivity index (χ1v) is 9.49. The lowest BCUT2D eigenvalue weighted by atomic mass is 9.84. The minimum absolute atomic E-state index is 0.520. The lowest BCUT2D eigenvalue weighted by Gasteiger charge is -2.43. The first kappa shape index (κ1) is 22.3. The first-order chi connectivity index (χ1) is 12.3. The summed E-state index contributed by atoms with van der Waals surface area (Å²) in [5, 5.41) is 47.5. The van der Waals surface area contributed by atoms with E-state index in [-0.39, 0.29) is 0 Å². The number of para-hydroxylation sites is 1. The molecule has 1 aromatic carbocycles. The Balaban J connectivity index is 0.000000465. The fourth-order valence-corrected chi connectivity index (χ4v) is 3.04. The van der Waals surface area contributed by atoms with Crippen LogP contribution in [0.25, 0.3) is 0 Å². The Morgan fingerprint density at radius 2 is 1.37 bits per heavy atom. The molecule has 0 aromatic heterocycles. The number of halogens is 1. The van der Waals surface area contributed by atoms with E-state index in [2.05, 4.69) is 4.99 Å². The molecule has 1 saturated carbocycles. The number of fused-ring (bicyclic) bond motifs is 1. The third kappa shape index (κ3) is 5.11. The van der Waals surface area contributed by atoms with Crippen molar-refractivity contribution in [3.8, 4) is 0 Å². The Kier molecular flexibility index (Phi) is 6.78. The van der Waals surface area contributed by atoms with Crippen molar-refractivity contribution >= 4 is 31.3 Å². The van der Waals surface area contributed by atoms with Gasteiger partial charge in [0.1, 0.15) is 36.6 Å². The van der Waals surface area contributed by atoms with Crippen molar-refractivity contribution in [2.75, 3.05) is 0 Å². The number of rotatable bonds is 2.